The molecular weight excluding hydrogens is 444 g/mol. The summed E-state index contributed by atoms with van der Waals surface area (Å²) in [5.41, 5.74) is 1.72. The summed E-state index contributed by atoms with van der Waals surface area (Å²) in [7, 11) is 1.28. The van der Waals surface area contributed by atoms with Gasteiger partial charge in [0.2, 0.25) is 5.88 Å². The maximum Gasteiger partial charge on any atom is 0.346 e. The summed E-state index contributed by atoms with van der Waals surface area (Å²) in [5, 5.41) is 6.81. The van der Waals surface area contributed by atoms with E-state index < -0.39 is 5.97 Å². The molecule has 3 aromatic rings. The highest BCUT2D eigenvalue weighted by molar-refractivity contribution is 7.11. The molecule has 176 valence electrons. The van der Waals surface area contributed by atoms with Gasteiger partial charge >= 0.3 is 12.0 Å². The molecule has 0 saturated carbocycles. The van der Waals surface area contributed by atoms with E-state index >= 15 is 0 Å². The fourth-order valence-corrected chi connectivity index (χ4v) is 4.52. The molecule has 1 aliphatic heterocycles. The van der Waals surface area contributed by atoms with E-state index in [4.69, 9.17) is 13.9 Å². The van der Waals surface area contributed by atoms with Crippen LogP contribution in [0.4, 0.5) is 9.80 Å². The number of hydrogen-bond acceptors (Lipinski definition) is 8. The number of carbonyl (C=O) groups is 2. The van der Waals surface area contributed by atoms with E-state index in [1.54, 1.807) is 6.26 Å². The van der Waals surface area contributed by atoms with Crippen LogP contribution in [-0.4, -0.2) is 54.6 Å². The zero-order valence-electron chi connectivity index (χ0n) is 18.6. The van der Waals surface area contributed by atoms with Crippen molar-refractivity contribution in [1.29, 1.82) is 0 Å². The van der Waals surface area contributed by atoms with Crippen LogP contribution in [0.1, 0.15) is 41.6 Å². The van der Waals surface area contributed by atoms with Crippen molar-refractivity contribution in [3.63, 3.8) is 0 Å². The van der Waals surface area contributed by atoms with E-state index in [0.717, 1.165) is 47.5 Å². The molecule has 4 rings (SSSR count). The van der Waals surface area contributed by atoms with Crippen LogP contribution in [-0.2, 0) is 11.3 Å². The maximum absolute atomic E-state index is 12.3. The van der Waals surface area contributed by atoms with Gasteiger partial charge in [0.1, 0.15) is 17.2 Å². The molecule has 1 saturated heterocycles. The molecule has 2 amide bonds. The molecule has 1 aromatic carbocycles. The Morgan fingerprint density at radius 1 is 1.21 bits per heavy atom. The fraction of sp³-hybridized carbons (Fsp3) is 0.435. The molecule has 0 aliphatic carbocycles. The predicted molar refractivity (Wildman–Crippen MR) is 126 cm³/mol. The Morgan fingerprint density at radius 3 is 2.88 bits per heavy atom. The molecule has 0 atom stereocenters. The van der Waals surface area contributed by atoms with Gasteiger partial charge in [-0.3, -0.25) is 5.32 Å². The van der Waals surface area contributed by atoms with E-state index in [2.05, 4.69) is 19.9 Å². The number of fused-ring (bicyclic) bond motifs is 1. The van der Waals surface area contributed by atoms with Gasteiger partial charge in [0.15, 0.2) is 5.56 Å². The number of benzene rings is 1. The zero-order chi connectivity index (χ0) is 23.0. The van der Waals surface area contributed by atoms with Crippen molar-refractivity contribution in [3.05, 3.63) is 41.7 Å². The number of hydrogen-bond donors (Lipinski definition) is 2. The number of methoxy groups -OCH3 is 1. The Bertz CT molecular complexity index is 1090. The van der Waals surface area contributed by atoms with Crippen molar-refractivity contribution in [3.8, 4) is 5.88 Å². The summed E-state index contributed by atoms with van der Waals surface area (Å²) in [4.78, 5) is 27.1. The second-order valence-corrected chi connectivity index (χ2v) is 8.68. The molecule has 3 heterocycles. The number of carbonyl (C=O) groups excluding carboxylic acids is 2. The minimum Gasteiger partial charge on any atom is -0.472 e. The number of aromatic nitrogens is 1. The topological polar surface area (TPSA) is 106 Å². The first-order chi connectivity index (χ1) is 16.1. The molecule has 9 nitrogen and oxygen atoms in total. The molecular formula is C23H28N4O5S. The third-order valence-electron chi connectivity index (χ3n) is 5.56. The standard InChI is InChI=1S/C23H28N4O5S/c1-30-22(28)19-20(32-15-16-6-7-17-8-13-31-18(17)14-16)26-33-21(19)25-23(29)24-9-2-3-10-27-11-4-5-12-27/h6-8,13-14H,2-5,9-12,15H2,1H3,(H2,24,25,29). The number of furan rings is 1. The number of nitrogens with zero attached hydrogens (tertiary/aromatic N) is 2. The van der Waals surface area contributed by atoms with Gasteiger partial charge in [0.05, 0.1) is 13.4 Å². The Morgan fingerprint density at radius 2 is 2.06 bits per heavy atom. The zero-order valence-corrected chi connectivity index (χ0v) is 19.4. The summed E-state index contributed by atoms with van der Waals surface area (Å²) in [5.74, 6) is -0.506. The average Bonchev–Trinajstić information content (AvgIpc) is 3.58. The summed E-state index contributed by atoms with van der Waals surface area (Å²) < 4.78 is 20.3. The van der Waals surface area contributed by atoms with Crippen LogP contribution >= 0.6 is 11.5 Å². The maximum atomic E-state index is 12.3. The molecule has 0 unspecified atom stereocenters. The molecule has 2 N–H and O–H groups in total. The Balaban J connectivity index is 1.30. The third-order valence-corrected chi connectivity index (χ3v) is 6.30. The number of amides is 2. The Hall–Kier alpha value is -3.11. The lowest BCUT2D eigenvalue weighted by molar-refractivity contribution is 0.0596. The highest BCUT2D eigenvalue weighted by Gasteiger charge is 2.24. The number of anilines is 1. The molecule has 33 heavy (non-hydrogen) atoms. The van der Waals surface area contributed by atoms with Crippen LogP contribution in [0.3, 0.4) is 0 Å². The molecule has 10 heteroatoms. The van der Waals surface area contributed by atoms with Crippen LogP contribution < -0.4 is 15.4 Å². The van der Waals surface area contributed by atoms with Crippen molar-refractivity contribution >= 4 is 39.5 Å². The minimum atomic E-state index is -0.624. The van der Waals surface area contributed by atoms with Gasteiger partial charge in [-0.15, -0.1) is 0 Å². The molecule has 0 radical (unpaired) electrons. The Kier molecular flexibility index (Phi) is 7.79. The van der Waals surface area contributed by atoms with Crippen LogP contribution in [0.2, 0.25) is 0 Å². The number of ether oxygens (including phenoxy) is 2. The van der Waals surface area contributed by atoms with Gasteiger partial charge < -0.3 is 24.1 Å². The average molecular weight is 473 g/mol. The van der Waals surface area contributed by atoms with E-state index in [1.165, 1.54) is 33.0 Å². The second kappa shape index (κ2) is 11.2. The number of urea groups is 1. The molecule has 2 aromatic heterocycles. The molecule has 1 fully saturated rings. The first-order valence-electron chi connectivity index (χ1n) is 11.1. The number of rotatable bonds is 10. The Labute approximate surface area is 196 Å². The van der Waals surface area contributed by atoms with Gasteiger partial charge in [-0.1, -0.05) is 12.1 Å². The third kappa shape index (κ3) is 6.02. The summed E-state index contributed by atoms with van der Waals surface area (Å²) in [6.07, 6.45) is 6.12. The highest BCUT2D eigenvalue weighted by Crippen LogP contribution is 2.32. The normalized spacial score (nSPS) is 13.8. The van der Waals surface area contributed by atoms with Crippen LogP contribution in [0.5, 0.6) is 5.88 Å². The number of nitrogens with one attached hydrogen (secondary N) is 2. The number of likely N-dealkylation sites (tertiary alicyclic amines) is 1. The quantitative estimate of drug-likeness (QED) is 0.336. The highest BCUT2D eigenvalue weighted by atomic mass is 32.1. The summed E-state index contributed by atoms with van der Waals surface area (Å²) in [6, 6.07) is 7.21. The van der Waals surface area contributed by atoms with E-state index in [1.807, 2.05) is 24.3 Å². The lowest BCUT2D eigenvalue weighted by atomic mass is 10.2. The lowest BCUT2D eigenvalue weighted by Crippen LogP contribution is -2.30. The SMILES string of the molecule is COC(=O)c1c(OCc2ccc3ccoc3c2)nsc1NC(=O)NCCCCN1CCCC1. The molecule has 0 spiro atoms. The van der Waals surface area contributed by atoms with Crippen LogP contribution in [0.25, 0.3) is 11.0 Å². The van der Waals surface area contributed by atoms with Crippen molar-refractivity contribution in [2.45, 2.75) is 32.3 Å². The van der Waals surface area contributed by atoms with Crippen LogP contribution in [0, 0.1) is 0 Å². The predicted octanol–water partition coefficient (Wildman–Crippen LogP) is 4.25. The van der Waals surface area contributed by atoms with Crippen molar-refractivity contribution in [2.75, 3.05) is 38.6 Å². The van der Waals surface area contributed by atoms with Gasteiger partial charge in [-0.05, 0) is 74.5 Å². The molecule has 1 aliphatic rings. The van der Waals surface area contributed by atoms with Crippen molar-refractivity contribution < 1.29 is 23.5 Å². The van der Waals surface area contributed by atoms with E-state index in [9.17, 15) is 9.59 Å². The second-order valence-electron chi connectivity index (χ2n) is 7.90. The smallest absolute Gasteiger partial charge is 0.346 e. The fourth-order valence-electron chi connectivity index (χ4n) is 3.80. The van der Waals surface area contributed by atoms with Gasteiger partial charge in [0, 0.05) is 11.9 Å². The van der Waals surface area contributed by atoms with E-state index in [-0.39, 0.29) is 29.1 Å². The number of unbranched alkanes of at least 4 members (excludes halogenated alkanes) is 1. The van der Waals surface area contributed by atoms with Crippen molar-refractivity contribution in [2.24, 2.45) is 0 Å². The van der Waals surface area contributed by atoms with Crippen molar-refractivity contribution in [1.82, 2.24) is 14.6 Å². The monoisotopic (exact) mass is 472 g/mol. The first-order valence-corrected chi connectivity index (χ1v) is 11.9. The van der Waals surface area contributed by atoms with Gasteiger partial charge in [-0.2, -0.15) is 4.37 Å². The van der Waals surface area contributed by atoms with E-state index in [0.29, 0.717) is 6.54 Å². The van der Waals surface area contributed by atoms with Gasteiger partial charge in [-0.25, -0.2) is 9.59 Å². The summed E-state index contributed by atoms with van der Waals surface area (Å²) in [6.45, 7) is 4.17. The summed E-state index contributed by atoms with van der Waals surface area (Å²) >= 11 is 0.975. The lowest BCUT2D eigenvalue weighted by Gasteiger charge is -2.14. The largest absolute Gasteiger partial charge is 0.472 e. The van der Waals surface area contributed by atoms with Gasteiger partial charge in [0.25, 0.3) is 0 Å². The molecule has 0 bridgehead atoms. The number of esters is 1. The van der Waals surface area contributed by atoms with Crippen LogP contribution in [0.15, 0.2) is 34.9 Å². The minimum absolute atomic E-state index is 0.103. The first kappa shape index (κ1) is 23.1.